The Hall–Kier alpha value is -3.30. The number of hydrogen-bond donors (Lipinski definition) is 1. The summed E-state index contributed by atoms with van der Waals surface area (Å²) < 4.78 is 6.43. The summed E-state index contributed by atoms with van der Waals surface area (Å²) in [6.07, 6.45) is 1.46. The van der Waals surface area contributed by atoms with Crippen LogP contribution < -0.4 is 10.2 Å². The van der Waals surface area contributed by atoms with Crippen molar-refractivity contribution in [1.82, 2.24) is 20.0 Å². The first-order chi connectivity index (χ1) is 14.3. The number of rotatable bonds is 4. The van der Waals surface area contributed by atoms with Crippen LogP contribution >= 0.6 is 11.3 Å². The van der Waals surface area contributed by atoms with E-state index in [2.05, 4.69) is 20.4 Å². The molecule has 0 bridgehead atoms. The fourth-order valence-corrected chi connectivity index (χ4v) is 4.18. The molecule has 1 aliphatic heterocycles. The first kappa shape index (κ1) is 17.8. The van der Waals surface area contributed by atoms with Gasteiger partial charge in [-0.3, -0.25) is 4.79 Å². The number of nitrogens with zero attached hydrogens (tertiary/aromatic N) is 5. The van der Waals surface area contributed by atoms with Gasteiger partial charge in [-0.2, -0.15) is 9.90 Å². The third-order valence-electron chi connectivity index (χ3n) is 4.63. The summed E-state index contributed by atoms with van der Waals surface area (Å²) in [5.74, 6) is -0.301. The van der Waals surface area contributed by atoms with Gasteiger partial charge in [0.1, 0.15) is 0 Å². The molecule has 29 heavy (non-hydrogen) atoms. The van der Waals surface area contributed by atoms with Crippen molar-refractivity contribution in [2.24, 2.45) is 0 Å². The molecule has 1 saturated heterocycles. The topological polar surface area (TPSA) is 85.2 Å². The number of aromatic nitrogens is 4. The van der Waals surface area contributed by atoms with Gasteiger partial charge in [-0.1, -0.05) is 29.5 Å². The van der Waals surface area contributed by atoms with Crippen LogP contribution in [0.1, 0.15) is 10.5 Å². The van der Waals surface area contributed by atoms with Crippen molar-refractivity contribution in [3.63, 3.8) is 0 Å². The van der Waals surface area contributed by atoms with Crippen molar-refractivity contribution in [2.45, 2.75) is 0 Å². The minimum atomic E-state index is -0.301. The smallest absolute Gasteiger partial charge is 0.277 e. The summed E-state index contributed by atoms with van der Waals surface area (Å²) in [5.41, 5.74) is 2.68. The van der Waals surface area contributed by atoms with E-state index >= 15 is 0 Å². The normalized spacial score (nSPS) is 14.3. The first-order valence-electron chi connectivity index (χ1n) is 9.29. The van der Waals surface area contributed by atoms with E-state index in [4.69, 9.17) is 9.72 Å². The van der Waals surface area contributed by atoms with Gasteiger partial charge in [0.05, 0.1) is 35.3 Å². The molecule has 4 aromatic rings. The van der Waals surface area contributed by atoms with Gasteiger partial charge in [-0.15, -0.1) is 5.10 Å². The average Bonchev–Trinajstić information content (AvgIpc) is 3.42. The van der Waals surface area contributed by atoms with Crippen molar-refractivity contribution in [2.75, 3.05) is 36.5 Å². The Morgan fingerprint density at radius 2 is 1.93 bits per heavy atom. The summed E-state index contributed by atoms with van der Waals surface area (Å²) in [7, 11) is 0. The standard InChI is InChI=1S/C20H18N6O2S/c27-19(17-13-21-26(24-17)15-4-2-1-3-5-15)22-14-6-7-16-18(12-14)29-20(23-16)25-8-10-28-11-9-25/h1-7,12-13H,8-11H2,(H,22,27). The second-order valence-electron chi connectivity index (χ2n) is 6.59. The molecule has 2 aromatic heterocycles. The zero-order valence-electron chi connectivity index (χ0n) is 15.5. The summed E-state index contributed by atoms with van der Waals surface area (Å²) in [6, 6.07) is 15.2. The highest BCUT2D eigenvalue weighted by atomic mass is 32.1. The summed E-state index contributed by atoms with van der Waals surface area (Å²) in [6.45, 7) is 3.14. The fourth-order valence-electron chi connectivity index (χ4n) is 3.13. The maximum atomic E-state index is 12.6. The highest BCUT2D eigenvalue weighted by Crippen LogP contribution is 2.31. The number of carbonyl (C=O) groups is 1. The highest BCUT2D eigenvalue weighted by molar-refractivity contribution is 7.22. The maximum absolute atomic E-state index is 12.6. The number of nitrogens with one attached hydrogen (secondary N) is 1. The second kappa shape index (κ2) is 7.61. The molecule has 0 spiro atoms. The van der Waals surface area contributed by atoms with Gasteiger partial charge in [-0.05, 0) is 30.3 Å². The number of para-hydroxylation sites is 1. The molecule has 3 heterocycles. The molecular weight excluding hydrogens is 388 g/mol. The van der Waals surface area contributed by atoms with E-state index in [-0.39, 0.29) is 11.6 Å². The number of thiazole rings is 1. The Labute approximate surface area is 170 Å². The van der Waals surface area contributed by atoms with Crippen LogP contribution in [0.15, 0.2) is 54.7 Å². The molecule has 9 heteroatoms. The van der Waals surface area contributed by atoms with Crippen molar-refractivity contribution in [3.05, 3.63) is 60.4 Å². The quantitative estimate of drug-likeness (QED) is 0.561. The van der Waals surface area contributed by atoms with E-state index in [1.54, 1.807) is 11.3 Å². The molecule has 8 nitrogen and oxygen atoms in total. The lowest BCUT2D eigenvalue weighted by molar-refractivity contribution is 0.102. The number of anilines is 2. The Kier molecular flexibility index (Phi) is 4.66. The van der Waals surface area contributed by atoms with E-state index in [1.807, 2.05) is 48.5 Å². The van der Waals surface area contributed by atoms with Crippen LogP contribution in [0.25, 0.3) is 15.9 Å². The lowest BCUT2D eigenvalue weighted by Gasteiger charge is -2.25. The number of benzene rings is 2. The number of hydrogen-bond acceptors (Lipinski definition) is 7. The fraction of sp³-hybridized carbons (Fsp3) is 0.200. The van der Waals surface area contributed by atoms with Crippen LogP contribution in [0.3, 0.4) is 0 Å². The highest BCUT2D eigenvalue weighted by Gasteiger charge is 2.16. The Morgan fingerprint density at radius 3 is 2.76 bits per heavy atom. The Bertz CT molecular complexity index is 1150. The monoisotopic (exact) mass is 406 g/mol. The molecule has 1 aliphatic rings. The molecule has 1 amide bonds. The van der Waals surface area contributed by atoms with Crippen molar-refractivity contribution in [1.29, 1.82) is 0 Å². The van der Waals surface area contributed by atoms with E-state index in [0.717, 1.165) is 47.3 Å². The van der Waals surface area contributed by atoms with Crippen LogP contribution in [0.5, 0.6) is 0 Å². The Balaban J connectivity index is 1.33. The lowest BCUT2D eigenvalue weighted by atomic mass is 10.3. The first-order valence-corrected chi connectivity index (χ1v) is 10.1. The number of carbonyl (C=O) groups excluding carboxylic acids is 1. The SMILES string of the molecule is O=C(Nc1ccc2nc(N3CCOCC3)sc2c1)c1cnn(-c2ccccc2)n1. The predicted octanol–water partition coefficient (Wildman–Crippen LogP) is 2.97. The average molecular weight is 406 g/mol. The van der Waals surface area contributed by atoms with Gasteiger partial charge < -0.3 is 15.0 Å². The van der Waals surface area contributed by atoms with Gasteiger partial charge in [0.2, 0.25) is 0 Å². The van der Waals surface area contributed by atoms with Gasteiger partial charge in [0.15, 0.2) is 10.8 Å². The number of fused-ring (bicyclic) bond motifs is 1. The molecule has 5 rings (SSSR count). The minimum Gasteiger partial charge on any atom is -0.378 e. The number of morpholine rings is 1. The van der Waals surface area contributed by atoms with E-state index < -0.39 is 0 Å². The zero-order valence-corrected chi connectivity index (χ0v) is 16.3. The van der Waals surface area contributed by atoms with Crippen LogP contribution in [-0.4, -0.2) is 52.2 Å². The predicted molar refractivity (Wildman–Crippen MR) is 112 cm³/mol. The molecule has 0 saturated carbocycles. The van der Waals surface area contributed by atoms with Gasteiger partial charge in [-0.25, -0.2) is 4.98 Å². The summed E-state index contributed by atoms with van der Waals surface area (Å²) in [4.78, 5) is 21.0. The molecule has 1 N–H and O–H groups in total. The molecule has 1 fully saturated rings. The van der Waals surface area contributed by atoms with Crippen LogP contribution in [0.2, 0.25) is 0 Å². The third-order valence-corrected chi connectivity index (χ3v) is 5.71. The summed E-state index contributed by atoms with van der Waals surface area (Å²) in [5, 5.41) is 12.3. The zero-order chi connectivity index (χ0) is 19.6. The van der Waals surface area contributed by atoms with Crippen molar-refractivity contribution < 1.29 is 9.53 Å². The molecule has 146 valence electrons. The number of ether oxygens (including phenoxy) is 1. The third kappa shape index (κ3) is 3.69. The largest absolute Gasteiger partial charge is 0.378 e. The number of amides is 1. The molecule has 0 radical (unpaired) electrons. The maximum Gasteiger partial charge on any atom is 0.277 e. The molecule has 2 aromatic carbocycles. The van der Waals surface area contributed by atoms with E-state index in [0.29, 0.717) is 5.69 Å². The van der Waals surface area contributed by atoms with E-state index in [1.165, 1.54) is 11.0 Å². The van der Waals surface area contributed by atoms with Gasteiger partial charge in [0, 0.05) is 18.8 Å². The second-order valence-corrected chi connectivity index (χ2v) is 7.60. The van der Waals surface area contributed by atoms with Crippen LogP contribution in [0, 0.1) is 0 Å². The van der Waals surface area contributed by atoms with Crippen molar-refractivity contribution in [3.8, 4) is 5.69 Å². The minimum absolute atomic E-state index is 0.257. The molecule has 0 unspecified atom stereocenters. The Morgan fingerprint density at radius 1 is 1.10 bits per heavy atom. The van der Waals surface area contributed by atoms with Gasteiger partial charge >= 0.3 is 0 Å². The molecule has 0 aliphatic carbocycles. The lowest BCUT2D eigenvalue weighted by Crippen LogP contribution is -2.36. The molecular formula is C20H18N6O2S. The van der Waals surface area contributed by atoms with Crippen LogP contribution in [0.4, 0.5) is 10.8 Å². The van der Waals surface area contributed by atoms with E-state index in [9.17, 15) is 4.79 Å². The molecule has 0 atom stereocenters. The van der Waals surface area contributed by atoms with Crippen molar-refractivity contribution >= 4 is 38.3 Å². The van der Waals surface area contributed by atoms with Crippen LogP contribution in [-0.2, 0) is 4.74 Å². The summed E-state index contributed by atoms with van der Waals surface area (Å²) >= 11 is 1.62. The van der Waals surface area contributed by atoms with Gasteiger partial charge in [0.25, 0.3) is 5.91 Å².